The van der Waals surface area contributed by atoms with Crippen LogP contribution in [0.4, 0.5) is 8.78 Å². The van der Waals surface area contributed by atoms with Crippen LogP contribution >= 0.6 is 11.6 Å². The Hall–Kier alpha value is -0.790. The number of rotatable bonds is 3. The fourth-order valence-corrected chi connectivity index (χ4v) is 1.84. The molecule has 0 amide bonds. The number of hydrogen-bond donors (Lipinski definition) is 1. The van der Waals surface area contributed by atoms with Crippen molar-refractivity contribution in [3.8, 4) is 0 Å². The van der Waals surface area contributed by atoms with E-state index in [1.165, 1.54) is 6.07 Å². The Morgan fingerprint density at radius 1 is 1.47 bits per heavy atom. The number of nitrogens with two attached hydrogens (primary N) is 1. The summed E-state index contributed by atoms with van der Waals surface area (Å²) < 4.78 is 46.7. The van der Waals surface area contributed by atoms with Crippen LogP contribution in [-0.4, -0.2) is 13.4 Å². The Morgan fingerprint density at radius 3 is 2.47 bits per heavy atom. The summed E-state index contributed by atoms with van der Waals surface area (Å²) in [7, 11) is -4.26. The summed E-state index contributed by atoms with van der Waals surface area (Å²) in [5, 5.41) is 3.93. The Kier molecular flexibility index (Phi) is 3.58. The third kappa shape index (κ3) is 2.83. The van der Waals surface area contributed by atoms with Gasteiger partial charge in [0, 0.05) is 0 Å². The van der Waals surface area contributed by atoms with Crippen molar-refractivity contribution in [1.82, 2.24) is 4.98 Å². The highest BCUT2D eigenvalue weighted by atomic mass is 35.5. The van der Waals surface area contributed by atoms with E-state index in [9.17, 15) is 17.2 Å². The van der Waals surface area contributed by atoms with Crippen LogP contribution in [0.25, 0.3) is 0 Å². The van der Waals surface area contributed by atoms with E-state index in [-0.39, 0.29) is 11.6 Å². The molecule has 84 valence electrons. The highest BCUT2D eigenvalue weighted by Crippen LogP contribution is 2.24. The molecule has 0 atom stereocenters. The highest BCUT2D eigenvalue weighted by molar-refractivity contribution is 7.89. The third-order valence-electron chi connectivity index (χ3n) is 1.59. The number of nitrogens with zero attached hydrogens (tertiary/aromatic N) is 1. The second kappa shape index (κ2) is 4.38. The smallest absolute Gasteiger partial charge is 0.238 e. The van der Waals surface area contributed by atoms with Crippen molar-refractivity contribution in [2.45, 2.75) is 17.3 Å². The van der Waals surface area contributed by atoms with Gasteiger partial charge in [-0.1, -0.05) is 0 Å². The predicted octanol–water partition coefficient (Wildman–Crippen LogP) is 1.41. The van der Waals surface area contributed by atoms with Crippen LogP contribution in [0.1, 0.15) is 17.7 Å². The Morgan fingerprint density at radius 2 is 2.07 bits per heavy atom. The lowest BCUT2D eigenvalue weighted by atomic mass is 10.2. The molecule has 0 saturated heterocycles. The number of halogens is 3. The minimum atomic E-state index is -4.26. The van der Waals surface area contributed by atoms with Gasteiger partial charge in [-0.25, -0.2) is 27.3 Å². The topological polar surface area (TPSA) is 73.1 Å². The minimum absolute atomic E-state index is 0.0773. The molecule has 15 heavy (non-hydrogen) atoms. The number of hydrogen-bond acceptors (Lipinski definition) is 3. The van der Waals surface area contributed by atoms with Crippen molar-refractivity contribution >= 4 is 21.6 Å². The van der Waals surface area contributed by atoms with Crippen LogP contribution in [0.5, 0.6) is 0 Å². The van der Waals surface area contributed by atoms with Crippen LogP contribution in [-0.2, 0) is 15.9 Å². The summed E-state index contributed by atoms with van der Waals surface area (Å²) in [4.78, 5) is 3.46. The molecule has 0 saturated carbocycles. The number of sulfonamides is 1. The zero-order valence-electron chi connectivity index (χ0n) is 7.32. The maximum atomic E-state index is 12.4. The Bertz CT molecular complexity index is 464. The van der Waals surface area contributed by atoms with Crippen molar-refractivity contribution in [2.24, 2.45) is 5.14 Å². The van der Waals surface area contributed by atoms with E-state index in [2.05, 4.69) is 4.98 Å². The van der Waals surface area contributed by atoms with Gasteiger partial charge in [0.15, 0.2) is 5.03 Å². The molecule has 1 aromatic heterocycles. The average Bonchev–Trinajstić information content (AvgIpc) is 2.15. The minimum Gasteiger partial charge on any atom is -0.238 e. The zero-order chi connectivity index (χ0) is 11.6. The normalized spacial score (nSPS) is 12.1. The number of primary sulfonamides is 1. The van der Waals surface area contributed by atoms with Crippen molar-refractivity contribution in [2.75, 3.05) is 0 Å². The average molecular weight is 257 g/mol. The predicted molar refractivity (Wildman–Crippen MR) is 50.1 cm³/mol. The van der Waals surface area contributed by atoms with Crippen molar-refractivity contribution in [3.05, 3.63) is 23.4 Å². The van der Waals surface area contributed by atoms with E-state index in [0.717, 1.165) is 6.07 Å². The monoisotopic (exact) mass is 256 g/mol. The van der Waals surface area contributed by atoms with E-state index in [4.69, 9.17) is 16.7 Å². The van der Waals surface area contributed by atoms with Crippen molar-refractivity contribution in [3.63, 3.8) is 0 Å². The molecule has 0 spiro atoms. The van der Waals surface area contributed by atoms with Gasteiger partial charge in [0.2, 0.25) is 0 Å². The molecule has 0 unspecified atom stereocenters. The van der Waals surface area contributed by atoms with Crippen LogP contribution in [0, 0.1) is 0 Å². The Balaban J connectivity index is 3.43. The summed E-state index contributed by atoms with van der Waals surface area (Å²) in [6, 6.07) is 2.18. The van der Waals surface area contributed by atoms with Gasteiger partial charge in [-0.2, -0.15) is 0 Å². The van der Waals surface area contributed by atoms with E-state index in [1.54, 1.807) is 0 Å². The standard InChI is InChI=1S/C7H7ClF2N2O2S/c8-3-4-1-2-5(6(9)10)7(12-4)15(11,13)14/h1-2,6H,3H2,(H2,11,13,14). The van der Waals surface area contributed by atoms with Crippen LogP contribution in [0.15, 0.2) is 17.2 Å². The molecular formula is C7H7ClF2N2O2S. The van der Waals surface area contributed by atoms with Gasteiger partial charge in [0.05, 0.1) is 17.1 Å². The molecule has 0 aliphatic heterocycles. The summed E-state index contributed by atoms with van der Waals surface area (Å²) in [6.07, 6.45) is -2.95. The first-order chi connectivity index (χ1) is 6.86. The molecule has 1 rings (SSSR count). The maximum absolute atomic E-state index is 12.4. The van der Waals surface area contributed by atoms with Gasteiger partial charge in [0.1, 0.15) is 0 Å². The second-order valence-electron chi connectivity index (χ2n) is 2.68. The molecule has 0 radical (unpaired) electrons. The van der Waals surface area contributed by atoms with Gasteiger partial charge in [-0.3, -0.25) is 0 Å². The molecule has 0 aliphatic carbocycles. The first-order valence-corrected chi connectivity index (χ1v) is 5.81. The molecule has 0 aliphatic rings. The number of aromatic nitrogens is 1. The number of pyridine rings is 1. The summed E-state index contributed by atoms with van der Waals surface area (Å²) >= 11 is 5.40. The maximum Gasteiger partial charge on any atom is 0.266 e. The first-order valence-electron chi connectivity index (χ1n) is 3.73. The fraction of sp³-hybridized carbons (Fsp3) is 0.286. The molecule has 0 bridgehead atoms. The highest BCUT2D eigenvalue weighted by Gasteiger charge is 2.22. The first kappa shape index (κ1) is 12.3. The lowest BCUT2D eigenvalue weighted by molar-refractivity contribution is 0.147. The molecular weight excluding hydrogens is 250 g/mol. The van der Waals surface area contributed by atoms with E-state index in [0.29, 0.717) is 0 Å². The summed E-state index contributed by atoms with van der Waals surface area (Å²) in [6.45, 7) is 0. The molecule has 0 aromatic carbocycles. The van der Waals surface area contributed by atoms with Crippen LogP contribution in [0.2, 0.25) is 0 Å². The van der Waals surface area contributed by atoms with Gasteiger partial charge in [0.25, 0.3) is 16.4 Å². The molecule has 0 fully saturated rings. The summed E-state index contributed by atoms with van der Waals surface area (Å²) in [5.41, 5.74) is -0.545. The fourth-order valence-electron chi connectivity index (χ4n) is 0.958. The van der Waals surface area contributed by atoms with Crippen LogP contribution < -0.4 is 5.14 Å². The van der Waals surface area contributed by atoms with E-state index < -0.39 is 27.0 Å². The summed E-state index contributed by atoms with van der Waals surface area (Å²) in [5.74, 6) is -0.0773. The largest absolute Gasteiger partial charge is 0.266 e. The van der Waals surface area contributed by atoms with Gasteiger partial charge < -0.3 is 0 Å². The van der Waals surface area contributed by atoms with Crippen LogP contribution in [0.3, 0.4) is 0 Å². The third-order valence-corrected chi connectivity index (χ3v) is 2.73. The molecule has 1 heterocycles. The quantitative estimate of drug-likeness (QED) is 0.831. The molecule has 2 N–H and O–H groups in total. The lowest BCUT2D eigenvalue weighted by Gasteiger charge is -2.06. The van der Waals surface area contributed by atoms with Gasteiger partial charge in [-0.15, -0.1) is 11.6 Å². The van der Waals surface area contributed by atoms with E-state index in [1.807, 2.05) is 0 Å². The second-order valence-corrected chi connectivity index (χ2v) is 4.42. The lowest BCUT2D eigenvalue weighted by Crippen LogP contribution is -2.17. The number of alkyl halides is 3. The van der Waals surface area contributed by atoms with E-state index >= 15 is 0 Å². The Labute approximate surface area is 90.1 Å². The van der Waals surface area contributed by atoms with Crippen molar-refractivity contribution < 1.29 is 17.2 Å². The molecule has 8 heteroatoms. The van der Waals surface area contributed by atoms with Crippen molar-refractivity contribution in [1.29, 1.82) is 0 Å². The molecule has 1 aromatic rings. The zero-order valence-corrected chi connectivity index (χ0v) is 8.89. The van der Waals surface area contributed by atoms with Gasteiger partial charge in [-0.05, 0) is 12.1 Å². The van der Waals surface area contributed by atoms with Gasteiger partial charge >= 0.3 is 0 Å². The molecule has 4 nitrogen and oxygen atoms in total. The SMILES string of the molecule is NS(=O)(=O)c1nc(CCl)ccc1C(F)F.